The highest BCUT2D eigenvalue weighted by Crippen LogP contribution is 2.17. The molecule has 0 fully saturated rings. The first-order valence-electron chi connectivity index (χ1n) is 4.41. The Balaban J connectivity index is 2.43. The largest absolute Gasteiger partial charge is 0.366 e. The van der Waals surface area contributed by atoms with Gasteiger partial charge in [0.05, 0.1) is 0 Å². The van der Waals surface area contributed by atoms with E-state index in [-0.39, 0.29) is 5.82 Å². The minimum absolute atomic E-state index is 0.285. The van der Waals surface area contributed by atoms with Gasteiger partial charge in [-0.05, 0) is 30.3 Å². The number of benzene rings is 1. The van der Waals surface area contributed by atoms with Crippen molar-refractivity contribution in [2.75, 3.05) is 0 Å². The van der Waals surface area contributed by atoms with Crippen LogP contribution >= 0.6 is 0 Å². The number of rotatable bonds is 2. The quantitative estimate of drug-likeness (QED) is 0.720. The first-order valence-corrected chi connectivity index (χ1v) is 4.41. The van der Waals surface area contributed by atoms with Gasteiger partial charge in [-0.15, -0.1) is 0 Å². The minimum atomic E-state index is -0.514. The van der Waals surface area contributed by atoms with Crippen LogP contribution in [0.25, 0.3) is 17.0 Å². The fourth-order valence-corrected chi connectivity index (χ4v) is 1.39. The van der Waals surface area contributed by atoms with Crippen LogP contribution in [0.15, 0.2) is 30.3 Å². The number of halogens is 1. The summed E-state index contributed by atoms with van der Waals surface area (Å²) in [7, 11) is 0. The third-order valence-electron chi connectivity index (χ3n) is 2.03. The average molecular weight is 204 g/mol. The fraction of sp³-hybridized carbons (Fsp3) is 0. The zero-order valence-electron chi connectivity index (χ0n) is 7.83. The van der Waals surface area contributed by atoms with Gasteiger partial charge in [-0.2, -0.15) is 0 Å². The molecule has 2 rings (SSSR count). The lowest BCUT2D eigenvalue weighted by atomic mass is 10.2. The maximum absolute atomic E-state index is 12.9. The van der Waals surface area contributed by atoms with Crippen LogP contribution in [-0.4, -0.2) is 10.9 Å². The minimum Gasteiger partial charge on any atom is -0.366 e. The fourth-order valence-electron chi connectivity index (χ4n) is 1.39. The van der Waals surface area contributed by atoms with Gasteiger partial charge in [-0.3, -0.25) is 4.79 Å². The number of H-pyrrole nitrogens is 1. The van der Waals surface area contributed by atoms with E-state index in [1.165, 1.54) is 18.2 Å². The molecule has 0 aliphatic rings. The number of aromatic amines is 1. The molecule has 4 heteroatoms. The topological polar surface area (TPSA) is 58.9 Å². The Morgan fingerprint density at radius 1 is 1.40 bits per heavy atom. The second-order valence-electron chi connectivity index (χ2n) is 3.19. The molecule has 0 aliphatic carbocycles. The normalized spacial score (nSPS) is 11.3. The van der Waals surface area contributed by atoms with Crippen molar-refractivity contribution < 1.29 is 9.18 Å². The van der Waals surface area contributed by atoms with E-state index in [9.17, 15) is 9.18 Å². The summed E-state index contributed by atoms with van der Waals surface area (Å²) in [5.74, 6) is -0.799. The first-order chi connectivity index (χ1) is 7.15. The van der Waals surface area contributed by atoms with Gasteiger partial charge in [0.15, 0.2) is 0 Å². The predicted molar refractivity (Wildman–Crippen MR) is 56.5 cm³/mol. The van der Waals surface area contributed by atoms with E-state index in [0.29, 0.717) is 0 Å². The molecule has 1 amide bonds. The Kier molecular flexibility index (Phi) is 2.25. The third-order valence-corrected chi connectivity index (χ3v) is 2.03. The summed E-state index contributed by atoms with van der Waals surface area (Å²) in [5, 5.41) is 0.763. The zero-order valence-corrected chi connectivity index (χ0v) is 7.83. The monoisotopic (exact) mass is 204 g/mol. The Morgan fingerprint density at radius 2 is 2.20 bits per heavy atom. The summed E-state index contributed by atoms with van der Waals surface area (Å²) in [5.41, 5.74) is 6.50. The summed E-state index contributed by atoms with van der Waals surface area (Å²) in [6.45, 7) is 0. The van der Waals surface area contributed by atoms with Crippen LogP contribution in [0.5, 0.6) is 0 Å². The Labute approximate surface area is 85.4 Å². The molecule has 3 N–H and O–H groups in total. The number of nitrogens with one attached hydrogen (secondary N) is 1. The van der Waals surface area contributed by atoms with Crippen LogP contribution in [0.1, 0.15) is 5.69 Å². The molecule has 15 heavy (non-hydrogen) atoms. The van der Waals surface area contributed by atoms with Gasteiger partial charge in [0.2, 0.25) is 5.91 Å². The van der Waals surface area contributed by atoms with E-state index >= 15 is 0 Å². The second-order valence-corrected chi connectivity index (χ2v) is 3.19. The van der Waals surface area contributed by atoms with Gasteiger partial charge >= 0.3 is 0 Å². The first kappa shape index (κ1) is 9.45. The van der Waals surface area contributed by atoms with E-state index in [1.54, 1.807) is 18.2 Å². The SMILES string of the molecule is NC(=O)/C=C\c1cc2cc(F)ccc2[nH]1. The summed E-state index contributed by atoms with van der Waals surface area (Å²) in [6, 6.07) is 6.19. The predicted octanol–water partition coefficient (Wildman–Crippen LogP) is 1.81. The van der Waals surface area contributed by atoms with E-state index in [2.05, 4.69) is 4.98 Å². The van der Waals surface area contributed by atoms with Crippen molar-refractivity contribution in [3.63, 3.8) is 0 Å². The molecule has 0 saturated heterocycles. The number of amides is 1. The molecular formula is C11H9FN2O. The third kappa shape index (κ3) is 2.04. The van der Waals surface area contributed by atoms with E-state index in [4.69, 9.17) is 5.73 Å². The van der Waals surface area contributed by atoms with Crippen molar-refractivity contribution in [3.8, 4) is 0 Å². The lowest BCUT2D eigenvalue weighted by Crippen LogP contribution is -2.05. The van der Waals surface area contributed by atoms with Gasteiger partial charge in [-0.25, -0.2) is 4.39 Å². The number of hydrogen-bond acceptors (Lipinski definition) is 1. The second kappa shape index (κ2) is 3.57. The number of nitrogens with two attached hydrogens (primary N) is 1. The molecule has 0 atom stereocenters. The van der Waals surface area contributed by atoms with Crippen molar-refractivity contribution >= 4 is 22.9 Å². The number of primary amides is 1. The molecule has 1 aromatic carbocycles. The van der Waals surface area contributed by atoms with Crippen molar-refractivity contribution in [1.29, 1.82) is 0 Å². The lowest BCUT2D eigenvalue weighted by Gasteiger charge is -1.87. The maximum atomic E-state index is 12.9. The number of hydrogen-bond donors (Lipinski definition) is 2. The summed E-state index contributed by atoms with van der Waals surface area (Å²) >= 11 is 0. The molecule has 1 aromatic heterocycles. The van der Waals surface area contributed by atoms with Crippen molar-refractivity contribution in [1.82, 2.24) is 4.98 Å². The molecule has 0 unspecified atom stereocenters. The van der Waals surface area contributed by atoms with Crippen LogP contribution in [0.4, 0.5) is 4.39 Å². The maximum Gasteiger partial charge on any atom is 0.241 e. The average Bonchev–Trinajstić information content (AvgIpc) is 2.56. The zero-order chi connectivity index (χ0) is 10.8. The molecule has 3 nitrogen and oxygen atoms in total. The van der Waals surface area contributed by atoms with Gasteiger partial charge in [0.1, 0.15) is 5.82 Å². The van der Waals surface area contributed by atoms with Gasteiger partial charge in [0, 0.05) is 22.7 Å². The molecule has 76 valence electrons. The molecule has 0 radical (unpaired) electrons. The highest BCUT2D eigenvalue weighted by Gasteiger charge is 1.99. The summed E-state index contributed by atoms with van der Waals surface area (Å²) in [6.07, 6.45) is 2.81. The van der Waals surface area contributed by atoms with Crippen molar-refractivity contribution in [2.24, 2.45) is 5.73 Å². The van der Waals surface area contributed by atoms with Crippen LogP contribution in [0.3, 0.4) is 0 Å². The van der Waals surface area contributed by atoms with Gasteiger partial charge < -0.3 is 10.7 Å². The van der Waals surface area contributed by atoms with Gasteiger partial charge in [-0.1, -0.05) is 0 Å². The van der Waals surface area contributed by atoms with E-state index in [0.717, 1.165) is 16.6 Å². The number of carbonyl (C=O) groups excluding carboxylic acids is 1. The van der Waals surface area contributed by atoms with Crippen molar-refractivity contribution in [2.45, 2.75) is 0 Å². The van der Waals surface area contributed by atoms with Crippen LogP contribution in [0, 0.1) is 5.82 Å². The molecule has 2 aromatic rings. The molecule has 1 heterocycles. The number of fused-ring (bicyclic) bond motifs is 1. The van der Waals surface area contributed by atoms with Crippen LogP contribution in [-0.2, 0) is 4.79 Å². The number of carbonyl (C=O) groups is 1. The molecule has 0 spiro atoms. The smallest absolute Gasteiger partial charge is 0.241 e. The highest BCUT2D eigenvalue weighted by molar-refractivity contribution is 5.91. The molecule has 0 saturated carbocycles. The van der Waals surface area contributed by atoms with Crippen LogP contribution in [0.2, 0.25) is 0 Å². The molecule has 0 aliphatic heterocycles. The molecular weight excluding hydrogens is 195 g/mol. The Hall–Kier alpha value is -2.10. The van der Waals surface area contributed by atoms with Crippen LogP contribution < -0.4 is 5.73 Å². The molecule has 0 bridgehead atoms. The van der Waals surface area contributed by atoms with E-state index < -0.39 is 5.91 Å². The summed E-state index contributed by atoms with van der Waals surface area (Å²) < 4.78 is 12.9. The summed E-state index contributed by atoms with van der Waals surface area (Å²) in [4.78, 5) is 13.5. The van der Waals surface area contributed by atoms with Crippen molar-refractivity contribution in [3.05, 3.63) is 41.9 Å². The van der Waals surface area contributed by atoms with Gasteiger partial charge in [0.25, 0.3) is 0 Å². The highest BCUT2D eigenvalue weighted by atomic mass is 19.1. The lowest BCUT2D eigenvalue weighted by molar-refractivity contribution is -0.113. The Bertz CT molecular complexity index is 543. The van der Waals surface area contributed by atoms with E-state index in [1.807, 2.05) is 0 Å². The standard InChI is InChI=1S/C11H9FN2O/c12-8-1-3-10-7(5-8)6-9(14-10)2-4-11(13)15/h1-6,14H,(H2,13,15)/b4-2-. The number of aromatic nitrogens is 1. The Morgan fingerprint density at radius 3 is 2.93 bits per heavy atom.